The van der Waals surface area contributed by atoms with Gasteiger partial charge in [-0.25, -0.2) is 4.79 Å². The summed E-state index contributed by atoms with van der Waals surface area (Å²) in [4.78, 5) is 38.0. The highest BCUT2D eigenvalue weighted by Gasteiger charge is 2.52. The Hall–Kier alpha value is -4.13. The Bertz CT molecular complexity index is 1320. The number of nitrogens with one attached hydrogen (secondary N) is 2. The largest absolute Gasteiger partial charge is 0.492 e. The molecule has 3 aromatic carbocycles. The summed E-state index contributed by atoms with van der Waals surface area (Å²) in [5.41, 5.74) is 1.87. The molecule has 0 bridgehead atoms. The first-order chi connectivity index (χ1) is 19.1. The lowest BCUT2D eigenvalue weighted by atomic mass is 9.54. The molecule has 4 rings (SSSR count). The van der Waals surface area contributed by atoms with E-state index in [-0.39, 0.29) is 28.9 Å². The van der Waals surface area contributed by atoms with E-state index in [0.29, 0.717) is 35.7 Å². The van der Waals surface area contributed by atoms with Gasteiger partial charge in [-0.1, -0.05) is 81.8 Å². The molecule has 7 heteroatoms. The number of carbonyl (C=O) groups excluding carboxylic acids is 2. The van der Waals surface area contributed by atoms with Crippen molar-refractivity contribution in [3.05, 3.63) is 95.6 Å². The Kier molecular flexibility index (Phi) is 8.93. The van der Waals surface area contributed by atoms with Crippen molar-refractivity contribution in [2.75, 3.05) is 18.5 Å². The van der Waals surface area contributed by atoms with E-state index in [4.69, 9.17) is 4.74 Å². The number of hydrogen-bond acceptors (Lipinski definition) is 5. The number of carboxylic acid groups (broad SMARTS) is 1. The van der Waals surface area contributed by atoms with Gasteiger partial charge >= 0.3 is 5.97 Å². The maximum atomic E-state index is 13.0. The van der Waals surface area contributed by atoms with Crippen LogP contribution in [0.3, 0.4) is 0 Å². The van der Waals surface area contributed by atoms with E-state index < -0.39 is 12.0 Å². The molecule has 0 spiro atoms. The monoisotopic (exact) mass is 542 g/mol. The van der Waals surface area contributed by atoms with Gasteiger partial charge in [-0.2, -0.15) is 0 Å². The first-order valence-electron chi connectivity index (χ1n) is 13.8. The molecule has 7 nitrogen and oxygen atoms in total. The summed E-state index contributed by atoms with van der Waals surface area (Å²) in [6.45, 7) is 7.13. The molecule has 40 heavy (non-hydrogen) atoms. The zero-order chi connectivity index (χ0) is 28.8. The fourth-order valence-electron chi connectivity index (χ4n) is 5.25. The number of rotatable bonds is 12. The third kappa shape index (κ3) is 6.53. The number of amides is 1. The first kappa shape index (κ1) is 28.9. The fourth-order valence-corrected chi connectivity index (χ4v) is 5.25. The Morgan fingerprint density at radius 1 is 0.925 bits per heavy atom. The van der Waals surface area contributed by atoms with Crippen LogP contribution < -0.4 is 15.4 Å². The molecule has 3 aromatic rings. The molecule has 1 amide bonds. The zero-order valence-electron chi connectivity index (χ0n) is 23.4. The van der Waals surface area contributed by atoms with Crippen molar-refractivity contribution < 1.29 is 24.2 Å². The molecular formula is C33H38N2O5. The van der Waals surface area contributed by atoms with Crippen LogP contribution in [-0.4, -0.2) is 42.0 Å². The Morgan fingerprint density at radius 2 is 1.57 bits per heavy atom. The number of aliphatic carboxylic acids is 1. The molecule has 1 unspecified atom stereocenters. The molecule has 1 fully saturated rings. The highest BCUT2D eigenvalue weighted by atomic mass is 16.5. The van der Waals surface area contributed by atoms with Crippen LogP contribution in [0.1, 0.15) is 61.5 Å². The Morgan fingerprint density at radius 3 is 2.17 bits per heavy atom. The van der Waals surface area contributed by atoms with Gasteiger partial charge in [-0.3, -0.25) is 9.59 Å². The lowest BCUT2D eigenvalue weighted by Gasteiger charge is -2.50. The van der Waals surface area contributed by atoms with Crippen LogP contribution in [0.25, 0.3) is 0 Å². The average molecular weight is 543 g/mol. The lowest BCUT2D eigenvalue weighted by molar-refractivity contribution is -0.146. The lowest BCUT2D eigenvalue weighted by Crippen LogP contribution is -2.54. The van der Waals surface area contributed by atoms with Gasteiger partial charge in [-0.05, 0) is 48.1 Å². The van der Waals surface area contributed by atoms with Crippen molar-refractivity contribution in [2.24, 2.45) is 10.8 Å². The molecule has 0 aliphatic heterocycles. The second kappa shape index (κ2) is 12.4. The van der Waals surface area contributed by atoms with Crippen LogP contribution in [0.4, 0.5) is 5.69 Å². The van der Waals surface area contributed by atoms with Gasteiger partial charge < -0.3 is 20.5 Å². The van der Waals surface area contributed by atoms with Crippen LogP contribution >= 0.6 is 0 Å². The van der Waals surface area contributed by atoms with Gasteiger partial charge in [0, 0.05) is 23.2 Å². The molecule has 1 saturated carbocycles. The average Bonchev–Trinajstić information content (AvgIpc) is 2.90. The molecule has 0 radical (unpaired) electrons. The van der Waals surface area contributed by atoms with Crippen molar-refractivity contribution >= 4 is 23.3 Å². The van der Waals surface area contributed by atoms with Crippen molar-refractivity contribution in [1.29, 1.82) is 0 Å². The van der Waals surface area contributed by atoms with Crippen molar-refractivity contribution in [2.45, 2.75) is 52.5 Å². The molecule has 0 heterocycles. The molecule has 1 atom stereocenters. The first-order valence-corrected chi connectivity index (χ1v) is 13.8. The Labute approximate surface area is 236 Å². The third-order valence-electron chi connectivity index (χ3n) is 7.93. The summed E-state index contributed by atoms with van der Waals surface area (Å²) in [7, 11) is 0. The smallest absolute Gasteiger partial charge is 0.326 e. The summed E-state index contributed by atoms with van der Waals surface area (Å²) in [5, 5.41) is 16.0. The predicted molar refractivity (Wildman–Crippen MR) is 156 cm³/mol. The van der Waals surface area contributed by atoms with E-state index in [2.05, 4.69) is 31.4 Å². The van der Waals surface area contributed by atoms with E-state index in [1.54, 1.807) is 60.7 Å². The molecule has 1 aliphatic carbocycles. The van der Waals surface area contributed by atoms with Gasteiger partial charge in [0.15, 0.2) is 5.78 Å². The summed E-state index contributed by atoms with van der Waals surface area (Å²) < 4.78 is 5.81. The fraction of sp³-hybridized carbons (Fsp3) is 0.364. The van der Waals surface area contributed by atoms with Gasteiger partial charge in [0.25, 0.3) is 0 Å². The summed E-state index contributed by atoms with van der Waals surface area (Å²) >= 11 is 0. The molecule has 3 N–H and O–H groups in total. The quantitative estimate of drug-likeness (QED) is 0.199. The second-order valence-corrected chi connectivity index (χ2v) is 11.4. The van der Waals surface area contributed by atoms with E-state index in [0.717, 1.165) is 24.8 Å². The Balaban J connectivity index is 1.32. The number of anilines is 1. The van der Waals surface area contributed by atoms with Gasteiger partial charge in [-0.15, -0.1) is 0 Å². The maximum absolute atomic E-state index is 13.0. The SMILES string of the molecule is CC(C)(C)C1(C(=O)NCCOc2ccc(CC(Nc3ccccc3C(=O)c3ccccc3)C(=O)O)cc2)CCC1. The summed E-state index contributed by atoms with van der Waals surface area (Å²) in [6, 6.07) is 22.2. The van der Waals surface area contributed by atoms with Gasteiger partial charge in [0.05, 0.1) is 12.0 Å². The molecule has 0 saturated heterocycles. The van der Waals surface area contributed by atoms with Crippen molar-refractivity contribution in [1.82, 2.24) is 5.32 Å². The number of ketones is 1. The minimum Gasteiger partial charge on any atom is -0.492 e. The van der Waals surface area contributed by atoms with Crippen LogP contribution in [0.15, 0.2) is 78.9 Å². The van der Waals surface area contributed by atoms with E-state index in [1.807, 2.05) is 18.2 Å². The predicted octanol–water partition coefficient (Wildman–Crippen LogP) is 5.74. The second-order valence-electron chi connectivity index (χ2n) is 11.4. The molecular weight excluding hydrogens is 504 g/mol. The number of carbonyl (C=O) groups is 3. The highest BCUT2D eigenvalue weighted by Crippen LogP contribution is 2.53. The molecule has 0 aromatic heterocycles. The van der Waals surface area contributed by atoms with Crippen molar-refractivity contribution in [3.8, 4) is 5.75 Å². The number of para-hydroxylation sites is 1. The third-order valence-corrected chi connectivity index (χ3v) is 7.93. The molecule has 210 valence electrons. The summed E-state index contributed by atoms with van der Waals surface area (Å²) in [6.07, 6.45) is 3.15. The van der Waals surface area contributed by atoms with E-state index in [1.165, 1.54) is 0 Å². The van der Waals surface area contributed by atoms with E-state index >= 15 is 0 Å². The molecule has 1 aliphatic rings. The number of hydrogen-bond donors (Lipinski definition) is 3. The maximum Gasteiger partial charge on any atom is 0.326 e. The minimum atomic E-state index is -1.02. The standard InChI is InChI=1S/C33H38N2O5/c1-32(2,3)33(18-9-19-33)31(39)34-20-21-40-25-16-14-23(15-17-25)22-28(30(37)38)35-27-13-8-7-12-26(27)29(36)24-10-5-4-6-11-24/h4-8,10-17,28,35H,9,18-22H2,1-3H3,(H,34,39)(H,37,38). The number of carboxylic acids is 1. The van der Waals surface area contributed by atoms with E-state index in [9.17, 15) is 19.5 Å². The zero-order valence-corrected chi connectivity index (χ0v) is 23.4. The topological polar surface area (TPSA) is 105 Å². The van der Waals surface area contributed by atoms with Crippen LogP contribution in [0, 0.1) is 10.8 Å². The summed E-state index contributed by atoms with van der Waals surface area (Å²) in [5.74, 6) is -0.445. The highest BCUT2D eigenvalue weighted by molar-refractivity contribution is 6.12. The minimum absolute atomic E-state index is 0.0752. The van der Waals surface area contributed by atoms with Crippen LogP contribution in [0.2, 0.25) is 0 Å². The van der Waals surface area contributed by atoms with Crippen molar-refractivity contribution in [3.63, 3.8) is 0 Å². The number of benzene rings is 3. The van der Waals surface area contributed by atoms with Gasteiger partial charge in [0.2, 0.25) is 5.91 Å². The van der Waals surface area contributed by atoms with Crippen LogP contribution in [-0.2, 0) is 16.0 Å². The van der Waals surface area contributed by atoms with Gasteiger partial charge in [0.1, 0.15) is 18.4 Å². The number of ether oxygens (including phenoxy) is 1. The normalized spacial score (nSPS) is 14.9. The van der Waals surface area contributed by atoms with Crippen LogP contribution in [0.5, 0.6) is 5.75 Å².